The average Bonchev–Trinajstić information content (AvgIpc) is 2.87. The van der Waals surface area contributed by atoms with E-state index in [1.165, 1.54) is 0 Å². The lowest BCUT2D eigenvalue weighted by atomic mass is 10.2. The summed E-state index contributed by atoms with van der Waals surface area (Å²) >= 11 is 0. The Labute approximate surface area is 107 Å². The number of aryl methyl sites for hydroxylation is 2. The fourth-order valence-corrected chi connectivity index (χ4v) is 4.54. The van der Waals surface area contributed by atoms with Crippen molar-refractivity contribution in [1.29, 1.82) is 0 Å². The van der Waals surface area contributed by atoms with Gasteiger partial charge in [-0.1, -0.05) is 0 Å². The van der Waals surface area contributed by atoms with Crippen LogP contribution in [0.25, 0.3) is 0 Å². The molecule has 6 nitrogen and oxygen atoms in total. The molecular formula is C11H19N3O3S. The lowest BCUT2D eigenvalue weighted by molar-refractivity contribution is 0.149. The normalized spacial score (nSPS) is 21.6. The van der Waals surface area contributed by atoms with E-state index in [4.69, 9.17) is 4.74 Å². The summed E-state index contributed by atoms with van der Waals surface area (Å²) in [6.45, 7) is 4.43. The second-order valence-corrected chi connectivity index (χ2v) is 6.46. The summed E-state index contributed by atoms with van der Waals surface area (Å²) in [6, 6.07) is -0.0614. The first-order valence-corrected chi connectivity index (χ1v) is 7.45. The number of nitrogens with one attached hydrogen (secondary N) is 1. The number of aromatic amines is 1. The fraction of sp³-hybridized carbons (Fsp3) is 0.727. The van der Waals surface area contributed by atoms with Gasteiger partial charge in [-0.25, -0.2) is 8.42 Å². The second kappa shape index (κ2) is 4.99. The summed E-state index contributed by atoms with van der Waals surface area (Å²) in [6.07, 6.45) is 1.73. The van der Waals surface area contributed by atoms with Crippen LogP contribution in [0.15, 0.2) is 4.90 Å². The minimum Gasteiger partial charge on any atom is -0.383 e. The first kappa shape index (κ1) is 13.5. The van der Waals surface area contributed by atoms with Gasteiger partial charge in [-0.2, -0.15) is 9.40 Å². The maximum atomic E-state index is 12.6. The molecule has 0 aliphatic carbocycles. The van der Waals surface area contributed by atoms with E-state index in [1.54, 1.807) is 25.3 Å². The van der Waals surface area contributed by atoms with Crippen molar-refractivity contribution in [1.82, 2.24) is 14.5 Å². The zero-order valence-corrected chi connectivity index (χ0v) is 11.7. The Morgan fingerprint density at radius 3 is 2.78 bits per heavy atom. The van der Waals surface area contributed by atoms with E-state index in [0.717, 1.165) is 12.8 Å². The van der Waals surface area contributed by atoms with Gasteiger partial charge < -0.3 is 4.74 Å². The molecule has 102 valence electrons. The van der Waals surface area contributed by atoms with Crippen LogP contribution in [0.5, 0.6) is 0 Å². The van der Waals surface area contributed by atoms with E-state index in [2.05, 4.69) is 10.2 Å². The first-order chi connectivity index (χ1) is 8.48. The summed E-state index contributed by atoms with van der Waals surface area (Å²) in [5.74, 6) is 0. The van der Waals surface area contributed by atoms with E-state index < -0.39 is 10.0 Å². The van der Waals surface area contributed by atoms with Crippen LogP contribution < -0.4 is 0 Å². The van der Waals surface area contributed by atoms with Crippen molar-refractivity contribution >= 4 is 10.0 Å². The van der Waals surface area contributed by atoms with Crippen molar-refractivity contribution < 1.29 is 13.2 Å². The van der Waals surface area contributed by atoms with Crippen LogP contribution in [-0.2, 0) is 14.8 Å². The van der Waals surface area contributed by atoms with E-state index in [0.29, 0.717) is 29.4 Å². The minimum atomic E-state index is -3.47. The first-order valence-electron chi connectivity index (χ1n) is 6.01. The quantitative estimate of drug-likeness (QED) is 0.881. The molecule has 2 rings (SSSR count). The standard InChI is InChI=1S/C11H19N3O3S/c1-8-11(9(2)13-12-8)18(15,16)14-6-4-5-10(14)7-17-3/h10H,4-7H2,1-3H3,(H,12,13). The molecule has 0 spiro atoms. The van der Waals surface area contributed by atoms with Crippen LogP contribution in [0.2, 0.25) is 0 Å². The zero-order valence-electron chi connectivity index (χ0n) is 10.9. The molecule has 1 aromatic heterocycles. The highest BCUT2D eigenvalue weighted by molar-refractivity contribution is 7.89. The van der Waals surface area contributed by atoms with E-state index in [-0.39, 0.29) is 6.04 Å². The molecule has 0 bridgehead atoms. The van der Waals surface area contributed by atoms with Gasteiger partial charge in [-0.05, 0) is 26.7 Å². The van der Waals surface area contributed by atoms with Crippen molar-refractivity contribution in [2.45, 2.75) is 37.6 Å². The van der Waals surface area contributed by atoms with Crippen molar-refractivity contribution in [3.8, 4) is 0 Å². The molecule has 1 saturated heterocycles. The third-order valence-corrected chi connectivity index (χ3v) is 5.53. The van der Waals surface area contributed by atoms with Gasteiger partial charge in [0.15, 0.2) is 0 Å². The van der Waals surface area contributed by atoms with Crippen LogP contribution in [0.3, 0.4) is 0 Å². The molecule has 0 saturated carbocycles. The van der Waals surface area contributed by atoms with Crippen molar-refractivity contribution in [3.63, 3.8) is 0 Å². The maximum absolute atomic E-state index is 12.6. The number of sulfonamides is 1. The lowest BCUT2D eigenvalue weighted by Gasteiger charge is -2.23. The van der Waals surface area contributed by atoms with Gasteiger partial charge in [-0.15, -0.1) is 0 Å². The second-order valence-electron chi connectivity index (χ2n) is 4.63. The zero-order chi connectivity index (χ0) is 13.3. The fourth-order valence-electron chi connectivity index (χ4n) is 2.52. The number of hydrogen-bond donors (Lipinski definition) is 1. The molecule has 1 atom stereocenters. The summed E-state index contributed by atoms with van der Waals surface area (Å²) in [7, 11) is -1.87. The van der Waals surface area contributed by atoms with E-state index in [9.17, 15) is 8.42 Å². The molecule has 1 unspecified atom stereocenters. The number of hydrogen-bond acceptors (Lipinski definition) is 4. The minimum absolute atomic E-state index is 0.0614. The highest BCUT2D eigenvalue weighted by atomic mass is 32.2. The molecule has 1 fully saturated rings. The van der Waals surface area contributed by atoms with Crippen LogP contribution >= 0.6 is 0 Å². The van der Waals surface area contributed by atoms with Crippen molar-refractivity contribution in [2.75, 3.05) is 20.3 Å². The molecule has 1 N–H and O–H groups in total. The topological polar surface area (TPSA) is 75.3 Å². The predicted octanol–water partition coefficient (Wildman–Crippen LogP) is 0.826. The van der Waals surface area contributed by atoms with Crippen molar-refractivity contribution in [3.05, 3.63) is 11.4 Å². The number of methoxy groups -OCH3 is 1. The SMILES string of the molecule is COCC1CCCN1S(=O)(=O)c1c(C)n[nH]c1C. The van der Waals surface area contributed by atoms with Gasteiger partial charge in [0.1, 0.15) is 4.90 Å². The summed E-state index contributed by atoms with van der Waals surface area (Å²) < 4.78 is 31.9. The molecule has 0 aromatic carbocycles. The molecular weight excluding hydrogens is 254 g/mol. The van der Waals surface area contributed by atoms with Crippen LogP contribution in [-0.4, -0.2) is 49.2 Å². The molecule has 1 aliphatic heterocycles. The largest absolute Gasteiger partial charge is 0.383 e. The molecule has 0 radical (unpaired) electrons. The van der Waals surface area contributed by atoms with E-state index >= 15 is 0 Å². The van der Waals surface area contributed by atoms with Crippen LogP contribution in [0.1, 0.15) is 24.2 Å². The smallest absolute Gasteiger partial charge is 0.247 e. The third-order valence-electron chi connectivity index (χ3n) is 3.31. The van der Waals surface area contributed by atoms with Crippen LogP contribution in [0, 0.1) is 13.8 Å². The average molecular weight is 273 g/mol. The van der Waals surface area contributed by atoms with Crippen LogP contribution in [0.4, 0.5) is 0 Å². The Morgan fingerprint density at radius 2 is 2.22 bits per heavy atom. The Balaban J connectivity index is 2.37. The Hall–Kier alpha value is -0.920. The third kappa shape index (κ3) is 2.17. The molecule has 18 heavy (non-hydrogen) atoms. The van der Waals surface area contributed by atoms with Gasteiger partial charge in [0.25, 0.3) is 0 Å². The van der Waals surface area contributed by atoms with Gasteiger partial charge in [0, 0.05) is 19.7 Å². The molecule has 2 heterocycles. The van der Waals surface area contributed by atoms with Gasteiger partial charge in [0.2, 0.25) is 10.0 Å². The van der Waals surface area contributed by atoms with Crippen molar-refractivity contribution in [2.24, 2.45) is 0 Å². The van der Waals surface area contributed by atoms with E-state index in [1.807, 2.05) is 0 Å². The Bertz CT molecular complexity index is 504. The number of aromatic nitrogens is 2. The maximum Gasteiger partial charge on any atom is 0.247 e. The highest BCUT2D eigenvalue weighted by Crippen LogP contribution is 2.28. The number of H-pyrrole nitrogens is 1. The monoisotopic (exact) mass is 273 g/mol. The molecule has 7 heteroatoms. The molecule has 1 aromatic rings. The summed E-state index contributed by atoms with van der Waals surface area (Å²) in [4.78, 5) is 0.311. The molecule has 0 amide bonds. The lowest BCUT2D eigenvalue weighted by Crippen LogP contribution is -2.38. The number of nitrogens with zero attached hydrogens (tertiary/aromatic N) is 2. The summed E-state index contributed by atoms with van der Waals surface area (Å²) in [5, 5.41) is 6.69. The van der Waals surface area contributed by atoms with Gasteiger partial charge >= 0.3 is 0 Å². The highest BCUT2D eigenvalue weighted by Gasteiger charge is 2.37. The molecule has 1 aliphatic rings. The Morgan fingerprint density at radius 1 is 1.50 bits per heavy atom. The van der Waals surface area contributed by atoms with Gasteiger partial charge in [0.05, 0.1) is 18.0 Å². The predicted molar refractivity (Wildman–Crippen MR) is 66.9 cm³/mol. The Kier molecular flexibility index (Phi) is 3.74. The number of rotatable bonds is 4. The summed E-state index contributed by atoms with van der Waals surface area (Å²) in [5.41, 5.74) is 1.12. The van der Waals surface area contributed by atoms with Gasteiger partial charge in [-0.3, -0.25) is 5.10 Å². The number of ether oxygens (including phenoxy) is 1.